The van der Waals surface area contributed by atoms with Gasteiger partial charge in [0.2, 0.25) is 0 Å². The molecule has 1 aromatic rings. The Morgan fingerprint density at radius 3 is 2.89 bits per heavy atom. The van der Waals surface area contributed by atoms with Crippen molar-refractivity contribution in [2.24, 2.45) is 0 Å². The van der Waals surface area contributed by atoms with Crippen molar-refractivity contribution in [1.29, 1.82) is 0 Å². The Balaban J connectivity index is 2.34. The fourth-order valence-electron chi connectivity index (χ4n) is 1.66. The number of aryl methyl sites for hydroxylation is 1. The molecule has 0 saturated carbocycles. The first kappa shape index (κ1) is 16.0. The number of nitrogens with one attached hydrogen (secondary N) is 1. The highest BCUT2D eigenvalue weighted by atomic mass is 32.2. The summed E-state index contributed by atoms with van der Waals surface area (Å²) in [5, 5.41) is 13.0. The maximum atomic E-state index is 11.3. The highest BCUT2D eigenvalue weighted by molar-refractivity contribution is 7.99. The fraction of sp³-hybridized carbons (Fsp3) is 0.692. The number of carbonyl (C=O) groups is 1. The average Bonchev–Trinajstić information content (AvgIpc) is 2.78. The van der Waals surface area contributed by atoms with Crippen LogP contribution in [-0.4, -0.2) is 33.9 Å². The van der Waals surface area contributed by atoms with Crippen LogP contribution in [-0.2, 0) is 4.79 Å². The topological polar surface area (TPSA) is 75.4 Å². The van der Waals surface area contributed by atoms with Crippen LogP contribution in [0.3, 0.4) is 0 Å². The summed E-state index contributed by atoms with van der Waals surface area (Å²) in [6.45, 7) is 6.36. The molecule has 5 nitrogen and oxygen atoms in total. The summed E-state index contributed by atoms with van der Waals surface area (Å²) in [4.78, 5) is 15.5. The Kier molecular flexibility index (Phi) is 6.37. The van der Waals surface area contributed by atoms with Gasteiger partial charge in [-0.1, -0.05) is 18.7 Å². The Labute approximate surface area is 118 Å². The van der Waals surface area contributed by atoms with Crippen molar-refractivity contribution in [3.63, 3.8) is 0 Å². The molecule has 0 saturated heterocycles. The van der Waals surface area contributed by atoms with Gasteiger partial charge in [-0.05, 0) is 39.7 Å². The van der Waals surface area contributed by atoms with Crippen LogP contribution in [0.5, 0.6) is 0 Å². The molecule has 108 valence electrons. The number of aromatic nitrogens is 1. The number of nitrogens with zero attached hydrogens (tertiary/aromatic N) is 1. The van der Waals surface area contributed by atoms with Gasteiger partial charge in [0.1, 0.15) is 11.8 Å². The summed E-state index contributed by atoms with van der Waals surface area (Å²) >= 11 is 1.52. The van der Waals surface area contributed by atoms with E-state index in [9.17, 15) is 9.90 Å². The number of thioether (sulfide) groups is 1. The third-order valence-corrected chi connectivity index (χ3v) is 3.81. The molecule has 0 aliphatic carbocycles. The van der Waals surface area contributed by atoms with Crippen LogP contribution < -0.4 is 5.32 Å². The number of aliphatic carboxylic acids is 1. The van der Waals surface area contributed by atoms with E-state index in [0.717, 1.165) is 30.8 Å². The average molecular weight is 286 g/mol. The summed E-state index contributed by atoms with van der Waals surface area (Å²) in [6, 6.07) is 0. The lowest BCUT2D eigenvalue weighted by Gasteiger charge is -2.26. The number of carboxylic acids is 1. The largest absolute Gasteiger partial charge is 0.480 e. The number of rotatable bonds is 9. The van der Waals surface area contributed by atoms with Crippen LogP contribution in [0.25, 0.3) is 0 Å². The molecule has 2 N–H and O–H groups in total. The van der Waals surface area contributed by atoms with Crippen LogP contribution in [0, 0.1) is 6.92 Å². The molecule has 0 radical (unpaired) electrons. The Morgan fingerprint density at radius 2 is 2.37 bits per heavy atom. The van der Waals surface area contributed by atoms with Gasteiger partial charge in [-0.2, -0.15) is 0 Å². The summed E-state index contributed by atoms with van der Waals surface area (Å²) in [5.41, 5.74) is 0.0192. The minimum atomic E-state index is -0.844. The lowest BCUT2D eigenvalue weighted by atomic mass is 9.96. The van der Waals surface area contributed by atoms with Crippen molar-refractivity contribution in [2.45, 2.75) is 50.8 Å². The zero-order valence-electron chi connectivity index (χ0n) is 11.7. The molecule has 1 unspecified atom stereocenters. The van der Waals surface area contributed by atoms with E-state index in [1.807, 2.05) is 13.8 Å². The molecule has 0 aromatic carbocycles. The molecule has 0 spiro atoms. The lowest BCUT2D eigenvalue weighted by Crippen LogP contribution is -2.49. The summed E-state index contributed by atoms with van der Waals surface area (Å²) in [5.74, 6) is 0.00862. The second kappa shape index (κ2) is 7.55. The van der Waals surface area contributed by atoms with E-state index in [1.165, 1.54) is 11.8 Å². The van der Waals surface area contributed by atoms with Gasteiger partial charge in [-0.15, -0.1) is 0 Å². The van der Waals surface area contributed by atoms with Crippen molar-refractivity contribution >= 4 is 17.7 Å². The van der Waals surface area contributed by atoms with Crippen LogP contribution in [0.1, 0.15) is 38.8 Å². The van der Waals surface area contributed by atoms with Crippen molar-refractivity contribution in [3.8, 4) is 0 Å². The quantitative estimate of drug-likeness (QED) is 0.537. The van der Waals surface area contributed by atoms with Gasteiger partial charge in [0.05, 0.1) is 5.69 Å². The van der Waals surface area contributed by atoms with Gasteiger partial charge >= 0.3 is 5.97 Å². The van der Waals surface area contributed by atoms with Crippen LogP contribution in [0.15, 0.2) is 15.9 Å². The maximum Gasteiger partial charge on any atom is 0.323 e. The normalized spacial score (nSPS) is 14.3. The van der Waals surface area contributed by atoms with E-state index in [0.29, 0.717) is 11.6 Å². The zero-order chi connectivity index (χ0) is 14.3. The highest BCUT2D eigenvalue weighted by Gasteiger charge is 2.31. The molecule has 0 amide bonds. The molecule has 0 aliphatic rings. The first-order valence-corrected chi connectivity index (χ1v) is 7.50. The number of hydrogen-bond acceptors (Lipinski definition) is 5. The first-order valence-electron chi connectivity index (χ1n) is 6.51. The molecule has 1 atom stereocenters. The van der Waals surface area contributed by atoms with Crippen LogP contribution >= 0.6 is 11.8 Å². The monoisotopic (exact) mass is 286 g/mol. The Morgan fingerprint density at radius 1 is 1.63 bits per heavy atom. The molecule has 1 aromatic heterocycles. The van der Waals surface area contributed by atoms with E-state index in [1.54, 1.807) is 13.2 Å². The molecule has 0 bridgehead atoms. The van der Waals surface area contributed by atoms with Gasteiger partial charge in [-0.3, -0.25) is 4.79 Å². The predicted molar refractivity (Wildman–Crippen MR) is 75.5 cm³/mol. The minimum absolute atomic E-state index is 0.592. The van der Waals surface area contributed by atoms with Gasteiger partial charge in [0, 0.05) is 5.75 Å². The molecule has 1 rings (SSSR count). The van der Waals surface area contributed by atoms with Gasteiger partial charge < -0.3 is 14.8 Å². The number of hydrogen-bond donors (Lipinski definition) is 2. The maximum absolute atomic E-state index is 11.3. The molecule has 0 aliphatic heterocycles. The van der Waals surface area contributed by atoms with Crippen molar-refractivity contribution in [1.82, 2.24) is 10.3 Å². The summed E-state index contributed by atoms with van der Waals surface area (Å²) in [7, 11) is 0. The van der Waals surface area contributed by atoms with Crippen LogP contribution in [0.4, 0.5) is 0 Å². The first-order chi connectivity index (χ1) is 8.98. The van der Waals surface area contributed by atoms with E-state index in [2.05, 4.69) is 10.3 Å². The Bertz CT molecular complexity index is 408. The number of carboxylic acid groups (broad SMARTS) is 1. The second-order valence-corrected chi connectivity index (χ2v) is 5.82. The molecule has 0 fully saturated rings. The van der Waals surface area contributed by atoms with Gasteiger partial charge in [0.25, 0.3) is 5.22 Å². The zero-order valence-corrected chi connectivity index (χ0v) is 12.5. The molecular weight excluding hydrogens is 264 g/mol. The smallest absolute Gasteiger partial charge is 0.323 e. The standard InChI is InChI=1S/C13H22N2O3S/c1-4-7-14-13(3,11(16)17)6-5-8-19-12-15-10(2)9-18-12/h9,14H,4-8H2,1-3H3,(H,16,17). The minimum Gasteiger partial charge on any atom is -0.480 e. The lowest BCUT2D eigenvalue weighted by molar-refractivity contribution is -0.144. The van der Waals surface area contributed by atoms with E-state index in [4.69, 9.17) is 4.42 Å². The second-order valence-electron chi connectivity index (χ2n) is 4.77. The van der Waals surface area contributed by atoms with Crippen LogP contribution in [0.2, 0.25) is 0 Å². The van der Waals surface area contributed by atoms with Gasteiger partial charge in [0.15, 0.2) is 0 Å². The molecule has 6 heteroatoms. The molecular formula is C13H22N2O3S. The summed E-state index contributed by atoms with van der Waals surface area (Å²) in [6.07, 6.45) is 3.93. The predicted octanol–water partition coefficient (Wildman–Crippen LogP) is 2.70. The SMILES string of the molecule is CCCNC(C)(CCCSc1nc(C)co1)C(=O)O. The fourth-order valence-corrected chi connectivity index (χ4v) is 2.44. The molecule has 19 heavy (non-hydrogen) atoms. The molecule has 1 heterocycles. The van der Waals surface area contributed by atoms with Crippen molar-refractivity contribution in [3.05, 3.63) is 12.0 Å². The third kappa shape index (κ3) is 5.24. The number of oxazole rings is 1. The Hall–Kier alpha value is -1.01. The van der Waals surface area contributed by atoms with Crippen molar-refractivity contribution in [2.75, 3.05) is 12.3 Å². The highest BCUT2D eigenvalue weighted by Crippen LogP contribution is 2.21. The van der Waals surface area contributed by atoms with E-state index in [-0.39, 0.29) is 0 Å². The van der Waals surface area contributed by atoms with Gasteiger partial charge in [-0.25, -0.2) is 4.98 Å². The van der Waals surface area contributed by atoms with Crippen molar-refractivity contribution < 1.29 is 14.3 Å². The van der Waals surface area contributed by atoms with E-state index < -0.39 is 11.5 Å². The third-order valence-electron chi connectivity index (χ3n) is 2.88. The van der Waals surface area contributed by atoms with E-state index >= 15 is 0 Å². The summed E-state index contributed by atoms with van der Waals surface area (Å²) < 4.78 is 5.23.